The van der Waals surface area contributed by atoms with Crippen molar-refractivity contribution < 1.29 is 14.0 Å². The zero-order chi connectivity index (χ0) is 13.0. The highest BCUT2D eigenvalue weighted by atomic mass is 79.9. The van der Waals surface area contributed by atoms with Crippen molar-refractivity contribution in [2.75, 3.05) is 6.54 Å². The van der Waals surface area contributed by atoms with E-state index >= 15 is 0 Å². The highest BCUT2D eigenvalue weighted by molar-refractivity contribution is 9.10. The fraction of sp³-hybridized carbons (Fsp3) is 0.333. The van der Waals surface area contributed by atoms with Gasteiger partial charge < -0.3 is 5.32 Å². The summed E-state index contributed by atoms with van der Waals surface area (Å²) in [6.45, 7) is 3.48. The van der Waals surface area contributed by atoms with Crippen molar-refractivity contribution in [3.05, 3.63) is 34.1 Å². The number of carbonyl (C=O) groups is 2. The Labute approximate surface area is 108 Å². The van der Waals surface area contributed by atoms with E-state index < -0.39 is 11.7 Å². The molecule has 5 heteroatoms. The Morgan fingerprint density at radius 1 is 1.41 bits per heavy atom. The Kier molecular flexibility index (Phi) is 4.81. The highest BCUT2D eigenvalue weighted by Crippen LogP contribution is 2.16. The predicted molar refractivity (Wildman–Crippen MR) is 66.3 cm³/mol. The van der Waals surface area contributed by atoms with Gasteiger partial charge >= 0.3 is 0 Å². The summed E-state index contributed by atoms with van der Waals surface area (Å²) < 4.78 is 13.5. The number of nitrogens with one attached hydrogen (secondary N) is 1. The molecule has 0 radical (unpaired) electrons. The van der Waals surface area contributed by atoms with Crippen molar-refractivity contribution >= 4 is 27.6 Å². The van der Waals surface area contributed by atoms with Crippen molar-refractivity contribution in [3.8, 4) is 0 Å². The summed E-state index contributed by atoms with van der Waals surface area (Å²) in [7, 11) is 0. The number of rotatable bonds is 4. The van der Waals surface area contributed by atoms with E-state index in [1.54, 1.807) is 13.8 Å². The maximum atomic E-state index is 13.2. The van der Waals surface area contributed by atoms with Crippen LogP contribution in [0.5, 0.6) is 0 Å². The number of amides is 1. The van der Waals surface area contributed by atoms with E-state index in [1.807, 2.05) is 0 Å². The van der Waals surface area contributed by atoms with Crippen molar-refractivity contribution in [1.82, 2.24) is 5.32 Å². The molecular weight excluding hydrogens is 289 g/mol. The van der Waals surface area contributed by atoms with E-state index in [4.69, 9.17) is 0 Å². The van der Waals surface area contributed by atoms with Crippen LogP contribution in [0.25, 0.3) is 0 Å². The molecule has 1 aromatic carbocycles. The van der Waals surface area contributed by atoms with Crippen LogP contribution in [0.3, 0.4) is 0 Å². The van der Waals surface area contributed by atoms with Gasteiger partial charge in [-0.1, -0.05) is 13.8 Å². The average Bonchev–Trinajstić information content (AvgIpc) is 2.28. The van der Waals surface area contributed by atoms with Crippen molar-refractivity contribution in [2.45, 2.75) is 13.8 Å². The summed E-state index contributed by atoms with van der Waals surface area (Å²) in [6, 6.07) is 4.07. The lowest BCUT2D eigenvalue weighted by Crippen LogP contribution is -2.31. The zero-order valence-corrected chi connectivity index (χ0v) is 11.2. The standard InChI is InChI=1S/C12H13BrFNO2/c1-7(2)11(16)6-15-12(17)8-3-4-9(13)10(14)5-8/h3-5,7H,6H2,1-2H3,(H,15,17). The van der Waals surface area contributed by atoms with E-state index in [0.717, 1.165) is 6.07 Å². The van der Waals surface area contributed by atoms with Gasteiger partial charge in [0.2, 0.25) is 0 Å². The molecule has 0 saturated carbocycles. The lowest BCUT2D eigenvalue weighted by Gasteiger charge is -2.07. The fourth-order valence-corrected chi connectivity index (χ4v) is 1.36. The Bertz CT molecular complexity index is 446. The molecule has 1 aromatic rings. The Balaban J connectivity index is 2.64. The van der Waals surface area contributed by atoms with Gasteiger partial charge in [-0.05, 0) is 34.1 Å². The summed E-state index contributed by atoms with van der Waals surface area (Å²) in [4.78, 5) is 22.9. The van der Waals surface area contributed by atoms with Crippen LogP contribution in [-0.2, 0) is 4.79 Å². The summed E-state index contributed by atoms with van der Waals surface area (Å²) in [6.07, 6.45) is 0. The number of hydrogen-bond donors (Lipinski definition) is 1. The van der Waals surface area contributed by atoms with E-state index in [9.17, 15) is 14.0 Å². The molecule has 0 aliphatic carbocycles. The van der Waals surface area contributed by atoms with Gasteiger partial charge in [-0.3, -0.25) is 9.59 Å². The van der Waals surface area contributed by atoms with Gasteiger partial charge in [-0.25, -0.2) is 4.39 Å². The number of Topliss-reactive ketones (excluding diaryl/α,β-unsaturated/α-hetero) is 1. The van der Waals surface area contributed by atoms with E-state index in [0.29, 0.717) is 4.47 Å². The molecule has 1 rings (SSSR count). The average molecular weight is 302 g/mol. The molecule has 92 valence electrons. The number of ketones is 1. The van der Waals surface area contributed by atoms with Gasteiger partial charge in [0, 0.05) is 11.5 Å². The minimum Gasteiger partial charge on any atom is -0.345 e. The third kappa shape index (κ3) is 3.93. The van der Waals surface area contributed by atoms with E-state index in [-0.39, 0.29) is 23.8 Å². The van der Waals surface area contributed by atoms with Crippen LogP contribution in [0, 0.1) is 11.7 Å². The topological polar surface area (TPSA) is 46.2 Å². The minimum atomic E-state index is -0.507. The molecule has 0 aliphatic rings. The maximum Gasteiger partial charge on any atom is 0.251 e. The molecule has 0 aromatic heterocycles. The molecule has 0 spiro atoms. The minimum absolute atomic E-state index is 0.0335. The van der Waals surface area contributed by atoms with Crippen molar-refractivity contribution in [2.24, 2.45) is 5.92 Å². The van der Waals surface area contributed by atoms with E-state index in [2.05, 4.69) is 21.2 Å². The van der Waals surface area contributed by atoms with E-state index in [1.165, 1.54) is 12.1 Å². The smallest absolute Gasteiger partial charge is 0.251 e. The van der Waals surface area contributed by atoms with Crippen LogP contribution < -0.4 is 5.32 Å². The van der Waals surface area contributed by atoms with Crippen LogP contribution >= 0.6 is 15.9 Å². The second kappa shape index (κ2) is 5.91. The van der Waals surface area contributed by atoms with Gasteiger partial charge in [0.1, 0.15) is 5.82 Å². The SMILES string of the molecule is CC(C)C(=O)CNC(=O)c1ccc(Br)c(F)c1. The normalized spacial score (nSPS) is 10.4. The molecule has 1 N–H and O–H groups in total. The third-order valence-electron chi connectivity index (χ3n) is 2.25. The Morgan fingerprint density at radius 3 is 2.59 bits per heavy atom. The molecule has 0 heterocycles. The summed E-state index contributed by atoms with van der Waals surface area (Å²) in [5.41, 5.74) is 0.197. The molecule has 0 atom stereocenters. The molecule has 0 aliphatic heterocycles. The third-order valence-corrected chi connectivity index (χ3v) is 2.89. The fourth-order valence-electron chi connectivity index (χ4n) is 1.11. The second-order valence-electron chi connectivity index (χ2n) is 3.93. The number of hydrogen-bond acceptors (Lipinski definition) is 2. The summed E-state index contributed by atoms with van der Waals surface area (Å²) in [5.74, 6) is -1.15. The molecular formula is C12H13BrFNO2. The number of benzene rings is 1. The zero-order valence-electron chi connectivity index (χ0n) is 9.59. The quantitative estimate of drug-likeness (QED) is 0.929. The van der Waals surface area contributed by atoms with Crippen LogP contribution in [0.1, 0.15) is 24.2 Å². The molecule has 0 fully saturated rings. The van der Waals surface area contributed by atoms with Gasteiger partial charge in [0.05, 0.1) is 11.0 Å². The largest absolute Gasteiger partial charge is 0.345 e. The van der Waals surface area contributed by atoms with Crippen molar-refractivity contribution in [3.63, 3.8) is 0 Å². The highest BCUT2D eigenvalue weighted by Gasteiger charge is 2.11. The first-order chi connectivity index (χ1) is 7.91. The molecule has 0 bridgehead atoms. The first-order valence-corrected chi connectivity index (χ1v) is 5.97. The Morgan fingerprint density at radius 2 is 2.06 bits per heavy atom. The maximum absolute atomic E-state index is 13.2. The van der Waals surface area contributed by atoms with Crippen LogP contribution in [0.15, 0.2) is 22.7 Å². The molecule has 0 unspecified atom stereocenters. The van der Waals surface area contributed by atoms with Gasteiger partial charge in [0.15, 0.2) is 5.78 Å². The van der Waals surface area contributed by atoms with Gasteiger partial charge in [-0.15, -0.1) is 0 Å². The second-order valence-corrected chi connectivity index (χ2v) is 4.79. The van der Waals surface area contributed by atoms with Crippen LogP contribution in [0.2, 0.25) is 0 Å². The van der Waals surface area contributed by atoms with Gasteiger partial charge in [0.25, 0.3) is 5.91 Å². The summed E-state index contributed by atoms with van der Waals surface area (Å²) in [5, 5.41) is 2.46. The first kappa shape index (κ1) is 13.8. The summed E-state index contributed by atoms with van der Waals surface area (Å²) >= 11 is 3.00. The van der Waals surface area contributed by atoms with Crippen LogP contribution in [-0.4, -0.2) is 18.2 Å². The van der Waals surface area contributed by atoms with Gasteiger partial charge in [-0.2, -0.15) is 0 Å². The first-order valence-electron chi connectivity index (χ1n) is 5.17. The predicted octanol–water partition coefficient (Wildman–Crippen LogP) is 2.54. The molecule has 1 amide bonds. The number of halogens is 2. The lowest BCUT2D eigenvalue weighted by atomic mass is 10.1. The number of carbonyl (C=O) groups excluding carboxylic acids is 2. The molecule has 17 heavy (non-hydrogen) atoms. The van der Waals surface area contributed by atoms with Crippen molar-refractivity contribution in [1.29, 1.82) is 0 Å². The molecule has 0 saturated heterocycles. The lowest BCUT2D eigenvalue weighted by molar-refractivity contribution is -0.120. The monoisotopic (exact) mass is 301 g/mol. The molecule has 3 nitrogen and oxygen atoms in total. The van der Waals surface area contributed by atoms with Crippen LogP contribution in [0.4, 0.5) is 4.39 Å². The Hall–Kier alpha value is -1.23.